The van der Waals surface area contributed by atoms with Gasteiger partial charge in [-0.3, -0.25) is 10.1 Å². The molecule has 3 aromatic rings. The van der Waals surface area contributed by atoms with E-state index < -0.39 is 0 Å². The molecule has 0 fully saturated rings. The molecule has 0 spiro atoms. The molecule has 1 N–H and O–H groups in total. The topological polar surface area (TPSA) is 42.0 Å². The average Bonchev–Trinajstić information content (AvgIpc) is 2.98. The van der Waals surface area contributed by atoms with E-state index in [1.165, 1.54) is 23.5 Å². The number of nitrogens with one attached hydrogen (secondary N) is 1. The van der Waals surface area contributed by atoms with Crippen molar-refractivity contribution in [3.63, 3.8) is 0 Å². The van der Waals surface area contributed by atoms with Crippen molar-refractivity contribution in [1.82, 2.24) is 4.98 Å². The lowest BCUT2D eigenvalue weighted by molar-refractivity contribution is 0.102. The second-order valence-electron chi connectivity index (χ2n) is 5.48. The number of aryl methyl sites for hydroxylation is 1. The van der Waals surface area contributed by atoms with Crippen LogP contribution in [0.1, 0.15) is 28.6 Å². The van der Waals surface area contributed by atoms with Crippen LogP contribution in [-0.2, 0) is 6.42 Å². The number of amides is 1. The molecule has 0 saturated carbocycles. The highest BCUT2D eigenvalue weighted by molar-refractivity contribution is 9.10. The zero-order valence-electron chi connectivity index (χ0n) is 13.6. The summed E-state index contributed by atoms with van der Waals surface area (Å²) in [4.78, 5) is 18.1. The van der Waals surface area contributed by atoms with Gasteiger partial charge in [-0.15, -0.1) is 11.3 Å². The zero-order chi connectivity index (χ0) is 17.8. The molecule has 1 aromatic heterocycles. The summed E-state index contributed by atoms with van der Waals surface area (Å²) in [7, 11) is 0. The fourth-order valence-corrected chi connectivity index (χ4v) is 3.99. The van der Waals surface area contributed by atoms with Gasteiger partial charge in [-0.25, -0.2) is 9.37 Å². The molecule has 0 aliphatic rings. The van der Waals surface area contributed by atoms with Crippen molar-refractivity contribution in [3.05, 3.63) is 69.3 Å². The van der Waals surface area contributed by atoms with Crippen molar-refractivity contribution in [2.45, 2.75) is 19.8 Å². The number of aromatic nitrogens is 1. The Morgan fingerprint density at radius 3 is 2.60 bits per heavy atom. The number of hydrogen-bond donors (Lipinski definition) is 1. The smallest absolute Gasteiger partial charge is 0.258 e. The molecule has 0 aliphatic carbocycles. The van der Waals surface area contributed by atoms with E-state index in [0.717, 1.165) is 33.4 Å². The van der Waals surface area contributed by atoms with Crippen LogP contribution in [0.4, 0.5) is 9.52 Å². The monoisotopic (exact) mass is 418 g/mol. The fraction of sp³-hybridized carbons (Fsp3) is 0.158. The molecule has 0 radical (unpaired) electrons. The number of rotatable bonds is 5. The molecule has 25 heavy (non-hydrogen) atoms. The maximum atomic E-state index is 13.2. The molecular weight excluding hydrogens is 403 g/mol. The first-order chi connectivity index (χ1) is 12.1. The lowest BCUT2D eigenvalue weighted by atomic mass is 10.1. The first-order valence-corrected chi connectivity index (χ1v) is 9.51. The molecule has 0 atom stereocenters. The van der Waals surface area contributed by atoms with Crippen LogP contribution < -0.4 is 5.32 Å². The van der Waals surface area contributed by atoms with Gasteiger partial charge in [-0.1, -0.05) is 25.5 Å². The van der Waals surface area contributed by atoms with Crippen LogP contribution in [0, 0.1) is 5.82 Å². The summed E-state index contributed by atoms with van der Waals surface area (Å²) in [5.74, 6) is -0.492. The Bertz CT molecular complexity index is 893. The van der Waals surface area contributed by atoms with Gasteiger partial charge in [0, 0.05) is 14.9 Å². The molecule has 3 rings (SSSR count). The van der Waals surface area contributed by atoms with Crippen LogP contribution >= 0.6 is 27.3 Å². The van der Waals surface area contributed by atoms with E-state index in [4.69, 9.17) is 0 Å². The molecule has 6 heteroatoms. The fourth-order valence-electron chi connectivity index (χ4n) is 2.44. The van der Waals surface area contributed by atoms with Gasteiger partial charge in [-0.2, -0.15) is 0 Å². The predicted octanol–water partition coefficient (Wildman–Crippen LogP) is 5.92. The summed E-state index contributed by atoms with van der Waals surface area (Å²) in [5.41, 5.74) is 2.20. The van der Waals surface area contributed by atoms with Gasteiger partial charge in [-0.05, 0) is 58.7 Å². The number of anilines is 1. The van der Waals surface area contributed by atoms with Crippen molar-refractivity contribution in [2.24, 2.45) is 0 Å². The lowest BCUT2D eigenvalue weighted by Crippen LogP contribution is -2.12. The Balaban J connectivity index is 1.90. The molecule has 1 amide bonds. The summed E-state index contributed by atoms with van der Waals surface area (Å²) >= 11 is 4.84. The first kappa shape index (κ1) is 17.8. The number of halogens is 2. The zero-order valence-corrected chi connectivity index (χ0v) is 16.0. The van der Waals surface area contributed by atoms with E-state index in [1.807, 2.05) is 18.2 Å². The van der Waals surface area contributed by atoms with Gasteiger partial charge in [0.25, 0.3) is 5.91 Å². The second-order valence-corrected chi connectivity index (χ2v) is 7.42. The molecule has 0 bridgehead atoms. The van der Waals surface area contributed by atoms with E-state index in [-0.39, 0.29) is 11.7 Å². The summed E-state index contributed by atoms with van der Waals surface area (Å²) in [6, 6.07) is 13.5. The van der Waals surface area contributed by atoms with Crippen LogP contribution in [0.5, 0.6) is 0 Å². The Morgan fingerprint density at radius 2 is 1.92 bits per heavy atom. The molecule has 1 heterocycles. The highest BCUT2D eigenvalue weighted by atomic mass is 79.9. The van der Waals surface area contributed by atoms with Crippen LogP contribution in [0.25, 0.3) is 11.3 Å². The standard InChI is InChI=1S/C19H16BrFN2OS/c1-2-5-16-17(12-8-10-13(21)11-9-12)22-19(25-16)23-18(24)14-6-3-4-7-15(14)20/h3-4,6-11H,2,5H2,1H3,(H,22,23,24). The Labute approximate surface area is 158 Å². The molecule has 0 unspecified atom stereocenters. The quantitative estimate of drug-likeness (QED) is 0.558. The number of thiazole rings is 1. The lowest BCUT2D eigenvalue weighted by Gasteiger charge is -2.03. The predicted molar refractivity (Wildman–Crippen MR) is 104 cm³/mol. The number of carbonyl (C=O) groups is 1. The number of carbonyl (C=O) groups excluding carboxylic acids is 1. The van der Waals surface area contributed by atoms with Crippen LogP contribution in [-0.4, -0.2) is 10.9 Å². The minimum absolute atomic E-state index is 0.213. The largest absolute Gasteiger partial charge is 0.298 e. The highest BCUT2D eigenvalue weighted by Crippen LogP contribution is 2.32. The van der Waals surface area contributed by atoms with Gasteiger partial charge in [0.15, 0.2) is 5.13 Å². The van der Waals surface area contributed by atoms with Gasteiger partial charge < -0.3 is 0 Å². The van der Waals surface area contributed by atoms with Crippen molar-refractivity contribution in [3.8, 4) is 11.3 Å². The molecular formula is C19H16BrFN2OS. The van der Waals surface area contributed by atoms with Gasteiger partial charge >= 0.3 is 0 Å². The Hall–Kier alpha value is -2.05. The summed E-state index contributed by atoms with van der Waals surface area (Å²) < 4.78 is 13.9. The van der Waals surface area contributed by atoms with Crippen molar-refractivity contribution in [1.29, 1.82) is 0 Å². The Kier molecular flexibility index (Phi) is 5.60. The summed E-state index contributed by atoms with van der Waals surface area (Å²) in [5, 5.41) is 3.41. The van der Waals surface area contributed by atoms with Gasteiger partial charge in [0.05, 0.1) is 11.3 Å². The maximum Gasteiger partial charge on any atom is 0.258 e. The molecule has 3 nitrogen and oxygen atoms in total. The highest BCUT2D eigenvalue weighted by Gasteiger charge is 2.16. The van der Waals surface area contributed by atoms with Crippen molar-refractivity contribution >= 4 is 38.3 Å². The number of nitrogens with zero attached hydrogens (tertiary/aromatic N) is 1. The normalized spacial score (nSPS) is 10.7. The second kappa shape index (κ2) is 7.89. The maximum absolute atomic E-state index is 13.2. The number of hydrogen-bond acceptors (Lipinski definition) is 3. The Morgan fingerprint density at radius 1 is 1.20 bits per heavy atom. The summed E-state index contributed by atoms with van der Waals surface area (Å²) in [6.07, 6.45) is 1.82. The summed E-state index contributed by atoms with van der Waals surface area (Å²) in [6.45, 7) is 2.09. The van der Waals surface area contributed by atoms with Crippen molar-refractivity contribution < 1.29 is 9.18 Å². The van der Waals surface area contributed by atoms with Crippen LogP contribution in [0.15, 0.2) is 53.0 Å². The average molecular weight is 419 g/mol. The van der Waals surface area contributed by atoms with E-state index in [0.29, 0.717) is 10.7 Å². The number of benzene rings is 2. The van der Waals surface area contributed by atoms with Crippen molar-refractivity contribution in [2.75, 3.05) is 5.32 Å². The third-order valence-electron chi connectivity index (χ3n) is 3.63. The molecule has 2 aromatic carbocycles. The van der Waals surface area contributed by atoms with Gasteiger partial charge in [0.2, 0.25) is 0 Å². The van der Waals surface area contributed by atoms with Crippen LogP contribution in [0.3, 0.4) is 0 Å². The molecule has 0 saturated heterocycles. The van der Waals surface area contributed by atoms with E-state index >= 15 is 0 Å². The third kappa shape index (κ3) is 4.14. The minimum atomic E-state index is -0.279. The third-order valence-corrected chi connectivity index (χ3v) is 5.35. The molecule has 128 valence electrons. The minimum Gasteiger partial charge on any atom is -0.298 e. The van der Waals surface area contributed by atoms with E-state index in [1.54, 1.807) is 18.2 Å². The molecule has 0 aliphatic heterocycles. The first-order valence-electron chi connectivity index (χ1n) is 7.90. The van der Waals surface area contributed by atoms with E-state index in [2.05, 4.69) is 33.2 Å². The van der Waals surface area contributed by atoms with Crippen LogP contribution in [0.2, 0.25) is 0 Å². The SMILES string of the molecule is CCCc1sc(NC(=O)c2ccccc2Br)nc1-c1ccc(F)cc1. The van der Waals surface area contributed by atoms with Gasteiger partial charge in [0.1, 0.15) is 5.82 Å². The van der Waals surface area contributed by atoms with E-state index in [9.17, 15) is 9.18 Å².